The number of nitrogens with one attached hydrogen (secondary N) is 2. The quantitative estimate of drug-likeness (QED) is 0.724. The van der Waals surface area contributed by atoms with Crippen molar-refractivity contribution in [2.45, 2.75) is 19.1 Å². The molecule has 0 saturated carbocycles. The Balaban J connectivity index is 1.86. The van der Waals surface area contributed by atoms with Gasteiger partial charge in [-0.3, -0.25) is 9.59 Å². The first kappa shape index (κ1) is 18.0. The molecule has 6 heteroatoms. The van der Waals surface area contributed by atoms with Gasteiger partial charge in [0.1, 0.15) is 5.60 Å². The van der Waals surface area contributed by atoms with Crippen molar-refractivity contribution in [3.8, 4) is 0 Å². The summed E-state index contributed by atoms with van der Waals surface area (Å²) >= 11 is 5.99. The van der Waals surface area contributed by atoms with Crippen molar-refractivity contribution in [1.29, 1.82) is 0 Å². The summed E-state index contributed by atoms with van der Waals surface area (Å²) < 4.78 is 0. The normalized spacial score (nSPS) is 13.0. The molecule has 0 radical (unpaired) electrons. The highest BCUT2D eigenvalue weighted by atomic mass is 35.5. The molecule has 0 fully saturated rings. The molecule has 2 aromatic rings. The lowest BCUT2D eigenvalue weighted by Gasteiger charge is -2.24. The average molecular weight is 347 g/mol. The fourth-order valence-electron chi connectivity index (χ4n) is 2.13. The van der Waals surface area contributed by atoms with Crippen LogP contribution >= 0.6 is 11.6 Å². The van der Waals surface area contributed by atoms with Crippen LogP contribution in [0.4, 0.5) is 0 Å². The number of rotatable bonds is 5. The van der Waals surface area contributed by atoms with E-state index in [2.05, 4.69) is 10.6 Å². The first-order valence-electron chi connectivity index (χ1n) is 7.47. The lowest BCUT2D eigenvalue weighted by Crippen LogP contribution is -2.45. The third kappa shape index (κ3) is 4.81. The van der Waals surface area contributed by atoms with Gasteiger partial charge in [-0.25, -0.2) is 0 Å². The topological polar surface area (TPSA) is 78.4 Å². The van der Waals surface area contributed by atoms with Crippen LogP contribution in [0.3, 0.4) is 0 Å². The largest absolute Gasteiger partial charge is 0.384 e. The molecule has 5 nitrogen and oxygen atoms in total. The van der Waals surface area contributed by atoms with E-state index in [0.717, 1.165) is 5.56 Å². The molecule has 3 N–H and O–H groups in total. The Kier molecular flexibility index (Phi) is 5.95. The summed E-state index contributed by atoms with van der Waals surface area (Å²) in [7, 11) is 0. The van der Waals surface area contributed by atoms with Gasteiger partial charge in [-0.15, -0.1) is 0 Å². The fraction of sp³-hybridized carbons (Fsp3) is 0.222. The number of aliphatic hydroxyl groups is 1. The molecule has 0 unspecified atom stereocenters. The highest BCUT2D eigenvalue weighted by Crippen LogP contribution is 2.18. The second-order valence-electron chi connectivity index (χ2n) is 5.60. The average Bonchev–Trinajstić information content (AvgIpc) is 2.59. The molecule has 0 saturated heterocycles. The monoisotopic (exact) mass is 346 g/mol. The molecule has 0 aromatic heterocycles. The summed E-state index contributed by atoms with van der Waals surface area (Å²) in [6.45, 7) is 1.65. The number of halogens is 1. The van der Waals surface area contributed by atoms with Crippen LogP contribution in [-0.2, 0) is 21.7 Å². The second-order valence-corrected chi connectivity index (χ2v) is 6.00. The first-order valence-corrected chi connectivity index (χ1v) is 7.85. The molecule has 1 atom stereocenters. The second kappa shape index (κ2) is 7.95. The zero-order chi connectivity index (χ0) is 17.6. The molecule has 24 heavy (non-hydrogen) atoms. The number of amides is 2. The van der Waals surface area contributed by atoms with Crippen molar-refractivity contribution >= 4 is 23.4 Å². The zero-order valence-corrected chi connectivity index (χ0v) is 14.0. The van der Waals surface area contributed by atoms with E-state index < -0.39 is 17.4 Å². The standard InChI is InChI=1S/C18H19ClN2O3/c1-18(24,14-8-3-2-4-9-14)12-21-17(23)16(22)20-11-13-7-5-6-10-15(13)19/h2-10,24H,11-12H2,1H3,(H,20,22)(H,21,23)/t18-/m0/s1. The molecule has 0 aliphatic carbocycles. The van der Waals surface area contributed by atoms with Gasteiger partial charge < -0.3 is 15.7 Å². The van der Waals surface area contributed by atoms with Crippen molar-refractivity contribution in [2.75, 3.05) is 6.54 Å². The summed E-state index contributed by atoms with van der Waals surface area (Å²) in [5, 5.41) is 15.9. The van der Waals surface area contributed by atoms with Crippen LogP contribution in [0.25, 0.3) is 0 Å². The van der Waals surface area contributed by atoms with Crippen molar-refractivity contribution in [3.05, 3.63) is 70.7 Å². The lowest BCUT2D eigenvalue weighted by molar-refractivity contribution is -0.139. The van der Waals surface area contributed by atoms with Gasteiger partial charge in [0.15, 0.2) is 0 Å². The summed E-state index contributed by atoms with van der Waals surface area (Å²) in [6.07, 6.45) is 0. The number of carbonyl (C=O) groups is 2. The van der Waals surface area contributed by atoms with Gasteiger partial charge >= 0.3 is 11.8 Å². The minimum absolute atomic E-state index is 0.0740. The van der Waals surface area contributed by atoms with Gasteiger partial charge in [-0.1, -0.05) is 60.1 Å². The smallest absolute Gasteiger partial charge is 0.309 e. The van der Waals surface area contributed by atoms with E-state index >= 15 is 0 Å². The third-order valence-electron chi connectivity index (χ3n) is 3.59. The Bertz CT molecular complexity index is 717. The predicted molar refractivity (Wildman–Crippen MR) is 92.3 cm³/mol. The van der Waals surface area contributed by atoms with Crippen LogP contribution in [-0.4, -0.2) is 23.5 Å². The molecule has 0 aliphatic heterocycles. The molecule has 0 aliphatic rings. The Hall–Kier alpha value is -2.37. The molecule has 2 rings (SSSR count). The number of hydrogen-bond donors (Lipinski definition) is 3. The molecule has 0 bridgehead atoms. The molecular formula is C18H19ClN2O3. The van der Waals surface area contributed by atoms with Crippen LogP contribution in [0.1, 0.15) is 18.1 Å². The maximum atomic E-state index is 11.9. The van der Waals surface area contributed by atoms with Crippen LogP contribution in [0, 0.1) is 0 Å². The van der Waals surface area contributed by atoms with Gasteiger partial charge in [0.05, 0.1) is 6.54 Å². The van der Waals surface area contributed by atoms with Gasteiger partial charge in [-0.05, 0) is 24.1 Å². The molecule has 2 amide bonds. The third-order valence-corrected chi connectivity index (χ3v) is 3.96. The zero-order valence-electron chi connectivity index (χ0n) is 13.3. The van der Waals surface area contributed by atoms with E-state index in [4.69, 9.17) is 11.6 Å². The Morgan fingerprint density at radius 1 is 1.00 bits per heavy atom. The maximum absolute atomic E-state index is 11.9. The molecular weight excluding hydrogens is 328 g/mol. The summed E-state index contributed by atoms with van der Waals surface area (Å²) in [5.41, 5.74) is 0.110. The molecule has 2 aromatic carbocycles. The lowest BCUT2D eigenvalue weighted by atomic mass is 9.96. The van der Waals surface area contributed by atoms with Crippen molar-refractivity contribution in [3.63, 3.8) is 0 Å². The van der Waals surface area contributed by atoms with Crippen molar-refractivity contribution in [2.24, 2.45) is 0 Å². The summed E-state index contributed by atoms with van der Waals surface area (Å²) in [4.78, 5) is 23.7. The van der Waals surface area contributed by atoms with Crippen LogP contribution < -0.4 is 10.6 Å². The van der Waals surface area contributed by atoms with E-state index in [1.54, 1.807) is 55.5 Å². The molecule has 0 spiro atoms. The summed E-state index contributed by atoms with van der Waals surface area (Å²) in [5.74, 6) is -1.59. The van der Waals surface area contributed by atoms with Crippen LogP contribution in [0.15, 0.2) is 54.6 Å². The minimum Gasteiger partial charge on any atom is -0.384 e. The summed E-state index contributed by atoms with van der Waals surface area (Å²) in [6, 6.07) is 16.0. The number of benzene rings is 2. The first-order chi connectivity index (χ1) is 11.4. The van der Waals surface area contributed by atoms with Crippen molar-refractivity contribution < 1.29 is 14.7 Å². The van der Waals surface area contributed by atoms with Crippen molar-refractivity contribution in [1.82, 2.24) is 10.6 Å². The van der Waals surface area contributed by atoms with Crippen LogP contribution in [0.5, 0.6) is 0 Å². The van der Waals surface area contributed by atoms with E-state index in [0.29, 0.717) is 10.6 Å². The Morgan fingerprint density at radius 3 is 2.25 bits per heavy atom. The minimum atomic E-state index is -1.26. The van der Waals surface area contributed by atoms with E-state index in [1.807, 2.05) is 6.07 Å². The van der Waals surface area contributed by atoms with Gasteiger partial charge in [0, 0.05) is 11.6 Å². The van der Waals surface area contributed by atoms with Crippen LogP contribution in [0.2, 0.25) is 5.02 Å². The van der Waals surface area contributed by atoms with E-state index in [1.165, 1.54) is 0 Å². The van der Waals surface area contributed by atoms with Gasteiger partial charge in [0.25, 0.3) is 0 Å². The Labute approximate surface area is 145 Å². The van der Waals surface area contributed by atoms with E-state index in [-0.39, 0.29) is 13.1 Å². The number of hydrogen-bond acceptors (Lipinski definition) is 3. The predicted octanol–water partition coefficient (Wildman–Crippen LogP) is 1.98. The maximum Gasteiger partial charge on any atom is 0.309 e. The highest BCUT2D eigenvalue weighted by Gasteiger charge is 2.25. The fourth-order valence-corrected chi connectivity index (χ4v) is 2.33. The SMILES string of the molecule is C[C@](O)(CNC(=O)C(=O)NCc1ccccc1Cl)c1ccccc1. The Morgan fingerprint density at radius 2 is 1.58 bits per heavy atom. The van der Waals surface area contributed by atoms with Gasteiger partial charge in [-0.2, -0.15) is 0 Å². The van der Waals surface area contributed by atoms with E-state index in [9.17, 15) is 14.7 Å². The number of carbonyl (C=O) groups excluding carboxylic acids is 2. The highest BCUT2D eigenvalue weighted by molar-refractivity contribution is 6.35. The molecule has 126 valence electrons. The van der Waals surface area contributed by atoms with Gasteiger partial charge in [0.2, 0.25) is 0 Å². The molecule has 0 heterocycles.